The van der Waals surface area contributed by atoms with Crippen molar-refractivity contribution in [1.29, 1.82) is 0 Å². The van der Waals surface area contributed by atoms with E-state index in [4.69, 9.17) is 0 Å². The lowest BCUT2D eigenvalue weighted by Crippen LogP contribution is -2.29. The molecular weight excluding hydrogens is 1260 g/mol. The smallest absolute Gasteiger partial charge is 0.0297 e. The molecule has 5 rings (SSSR count). The summed E-state index contributed by atoms with van der Waals surface area (Å²) < 4.78 is 0. The zero-order valence-electron chi connectivity index (χ0n) is 86.3. The lowest BCUT2D eigenvalue weighted by molar-refractivity contribution is 0.120. The molecule has 0 bridgehead atoms. The molecule has 0 heterocycles. The van der Waals surface area contributed by atoms with Gasteiger partial charge in [-0.05, 0) is 228 Å². The Balaban J connectivity index is -0.000000136. The highest BCUT2D eigenvalue weighted by molar-refractivity contribution is 5.00. The maximum atomic E-state index is 2.44. The fourth-order valence-corrected chi connectivity index (χ4v) is 8.90. The van der Waals surface area contributed by atoms with Crippen LogP contribution in [0.25, 0.3) is 0 Å². The highest BCUT2D eigenvalue weighted by Gasteiger charge is 2.49. The summed E-state index contributed by atoms with van der Waals surface area (Å²) in [6.07, 6.45) is 17.4. The van der Waals surface area contributed by atoms with Crippen molar-refractivity contribution >= 4 is 0 Å². The SMILES string of the molecule is C.CC(C)(C)C(C)(C)C.CC(C)(C)C(C)(C)C.CC(C)(C)C(C)(C)C.CC(C)C(C)(C)C(C)C.CC(C)C(C)C(C)C.CC(C)[C@@H](C)C(C)(C)C.CC1(C2CC2)CC1.CC1CC(C)C1C.CCC(C)(C)C(C)(C)C.CCC(C)(C)C(C)C.CCC(C)C(C)(C)C.CC[C@@H](C)C(C)(C)C.C[C@H]1CC1C1CC1. The molecule has 0 amide bonds. The summed E-state index contributed by atoms with van der Waals surface area (Å²) in [6.45, 7) is 140. The van der Waals surface area contributed by atoms with E-state index in [0.29, 0.717) is 70.4 Å². The first-order chi connectivity index (χ1) is 45.2. The minimum Gasteiger partial charge on any atom is -0.0776 e. The molecule has 0 aromatic rings. The first kappa shape index (κ1) is 123. The summed E-state index contributed by atoms with van der Waals surface area (Å²) in [4.78, 5) is 0. The van der Waals surface area contributed by atoms with Crippen LogP contribution in [0.4, 0.5) is 0 Å². The molecule has 0 saturated heterocycles. The Labute approximate surface area is 679 Å². The average Bonchev–Trinajstić information content (AvgIpc) is 1.61. The highest BCUT2D eigenvalue weighted by atomic mass is 14.5. The highest BCUT2D eigenvalue weighted by Crippen LogP contribution is 2.61. The largest absolute Gasteiger partial charge is 0.0776 e. The van der Waals surface area contributed by atoms with E-state index in [0.717, 1.165) is 94.2 Å². The van der Waals surface area contributed by atoms with Crippen molar-refractivity contribution in [3.63, 3.8) is 0 Å². The Hall–Kier alpha value is 0. The average molecular weight is 1490 g/mol. The topological polar surface area (TPSA) is 0 Å². The van der Waals surface area contributed by atoms with E-state index in [1.165, 1.54) is 69.6 Å². The summed E-state index contributed by atoms with van der Waals surface area (Å²) in [7, 11) is 0. The molecule has 0 nitrogen and oxygen atoms in total. The molecular formula is C105H228. The van der Waals surface area contributed by atoms with Crippen LogP contribution >= 0.6 is 0 Å². The monoisotopic (exact) mass is 1490 g/mol. The molecule has 5 saturated carbocycles. The summed E-state index contributed by atoms with van der Waals surface area (Å²) in [5.74, 6) is 15.9. The predicted molar refractivity (Wildman–Crippen MR) is 502 cm³/mol. The maximum Gasteiger partial charge on any atom is -0.0297 e. The van der Waals surface area contributed by atoms with E-state index in [-0.39, 0.29) is 7.43 Å². The standard InChI is InChI=1S/3C9H20.7C8H18.2C7H12.C7H14.CH4/c1-7-9(5,6)8(2,3)4;1-7(2)8(3)9(4,5)6;1-7(2)9(5,6)8(3)4;3*1-7(2,3)8(4,5)6;2*1-6-7(2)8(3,4)5;1-6-8(4,5)7(2)3;1-6(2)8(5)7(3)4;1-7(4-5-7)6-2-3-6;1-5-4-7(5)6-2-3-6;1-5-4-6(2)7(5)3;/h7H2,1-6H3;2*7-8H,1-6H3;3*1-6H3;3*7H,6H2,1-5H3;6-8H,1-5H3;6H,2-5H2,1H3;5-7H,2-4H2,1H3;5-7H,4H2,1-3H3;1H4/t;8-;;;;;7-;;;;;5-,7?;;/m.1....1....0../s1. The van der Waals surface area contributed by atoms with Crippen LogP contribution in [0.5, 0.6) is 0 Å². The van der Waals surface area contributed by atoms with Crippen molar-refractivity contribution < 1.29 is 0 Å². The van der Waals surface area contributed by atoms with E-state index in [1.54, 1.807) is 19.3 Å². The zero-order chi connectivity index (χ0) is 86.3. The number of hydrogen-bond donors (Lipinski definition) is 0. The van der Waals surface area contributed by atoms with Crippen LogP contribution < -0.4 is 0 Å². The fourth-order valence-electron chi connectivity index (χ4n) is 8.90. The van der Waals surface area contributed by atoms with Gasteiger partial charge in [-0.3, -0.25) is 0 Å². The van der Waals surface area contributed by atoms with Crippen LogP contribution in [0.15, 0.2) is 0 Å². The second-order valence-corrected chi connectivity index (χ2v) is 50.4. The van der Waals surface area contributed by atoms with Gasteiger partial charge in [0, 0.05) is 0 Å². The summed E-state index contributed by atoms with van der Waals surface area (Å²) >= 11 is 0. The normalized spacial score (nSPS) is 20.4. The van der Waals surface area contributed by atoms with Crippen molar-refractivity contribution in [3.8, 4) is 0 Å². The lowest BCUT2D eigenvalue weighted by atomic mass is 9.68. The molecule has 0 heteroatoms. The molecule has 0 spiro atoms. The third-order valence-electron chi connectivity index (χ3n) is 31.3. The van der Waals surface area contributed by atoms with Crippen molar-refractivity contribution in [2.24, 2.45) is 176 Å². The Bertz CT molecular complexity index is 1840. The fraction of sp³-hybridized carbons (Fsp3) is 1.00. The number of hydrogen-bond acceptors (Lipinski definition) is 0. The Kier molecular flexibility index (Phi) is 59.9. The molecule has 4 unspecified atom stereocenters. The summed E-state index contributed by atoms with van der Waals surface area (Å²) in [5, 5.41) is 0. The summed E-state index contributed by atoms with van der Waals surface area (Å²) in [5.41, 5.74) is 6.95. The van der Waals surface area contributed by atoms with Gasteiger partial charge in [-0.15, -0.1) is 0 Å². The third-order valence-corrected chi connectivity index (χ3v) is 31.3. The van der Waals surface area contributed by atoms with Crippen molar-refractivity contribution in [2.45, 2.75) is 507 Å². The predicted octanol–water partition coefficient (Wildman–Crippen LogP) is 38.7. The van der Waals surface area contributed by atoms with Gasteiger partial charge in [0.25, 0.3) is 0 Å². The first-order valence-corrected chi connectivity index (χ1v) is 45.2. The van der Waals surface area contributed by atoms with E-state index >= 15 is 0 Å². The van der Waals surface area contributed by atoms with Crippen LogP contribution in [0.3, 0.4) is 0 Å². The zero-order valence-corrected chi connectivity index (χ0v) is 86.3. The van der Waals surface area contributed by atoms with E-state index < -0.39 is 0 Å². The van der Waals surface area contributed by atoms with Gasteiger partial charge in [-0.2, -0.15) is 0 Å². The molecule has 648 valence electrons. The minimum atomic E-state index is 0. The van der Waals surface area contributed by atoms with Gasteiger partial charge < -0.3 is 0 Å². The van der Waals surface area contributed by atoms with Crippen LogP contribution in [-0.2, 0) is 0 Å². The molecule has 0 aliphatic heterocycles. The van der Waals surface area contributed by atoms with Gasteiger partial charge in [-0.1, -0.05) is 455 Å². The van der Waals surface area contributed by atoms with Crippen molar-refractivity contribution in [3.05, 3.63) is 0 Å². The third kappa shape index (κ3) is 61.2. The van der Waals surface area contributed by atoms with Gasteiger partial charge in [0.05, 0.1) is 0 Å². The Morgan fingerprint density at radius 3 is 0.610 bits per heavy atom. The minimum absolute atomic E-state index is 0. The molecule has 0 aromatic carbocycles. The second kappa shape index (κ2) is 51.1. The van der Waals surface area contributed by atoms with Gasteiger partial charge in [-0.25, -0.2) is 0 Å². The molecule has 0 radical (unpaired) electrons. The molecule has 105 heavy (non-hydrogen) atoms. The molecule has 5 aliphatic carbocycles. The van der Waals surface area contributed by atoms with Crippen molar-refractivity contribution in [2.75, 3.05) is 0 Å². The van der Waals surface area contributed by atoms with Gasteiger partial charge in [0.15, 0.2) is 0 Å². The molecule has 7 atom stereocenters. The van der Waals surface area contributed by atoms with Crippen LogP contribution in [-0.4, -0.2) is 0 Å². The Morgan fingerprint density at radius 1 is 0.324 bits per heavy atom. The van der Waals surface area contributed by atoms with E-state index in [1.807, 2.05) is 0 Å². The maximum absolute atomic E-state index is 2.44. The quantitative estimate of drug-likeness (QED) is 0.183. The van der Waals surface area contributed by atoms with Crippen LogP contribution in [0, 0.1) is 176 Å². The molecule has 5 aliphatic rings. The second-order valence-electron chi connectivity index (χ2n) is 50.4. The van der Waals surface area contributed by atoms with E-state index in [9.17, 15) is 0 Å². The van der Waals surface area contributed by atoms with Crippen LogP contribution in [0.2, 0.25) is 0 Å². The number of rotatable bonds is 12. The first-order valence-electron chi connectivity index (χ1n) is 45.2. The summed E-state index contributed by atoms with van der Waals surface area (Å²) in [6, 6.07) is 0. The van der Waals surface area contributed by atoms with Crippen LogP contribution in [0.1, 0.15) is 507 Å². The van der Waals surface area contributed by atoms with Gasteiger partial charge in [0.2, 0.25) is 0 Å². The van der Waals surface area contributed by atoms with Gasteiger partial charge in [0.1, 0.15) is 0 Å². The molecule has 5 fully saturated rings. The Morgan fingerprint density at radius 2 is 0.590 bits per heavy atom. The van der Waals surface area contributed by atoms with Crippen molar-refractivity contribution in [1.82, 2.24) is 0 Å². The lowest BCUT2D eigenvalue weighted by Gasteiger charge is -2.38. The molecule has 0 N–H and O–H groups in total. The van der Waals surface area contributed by atoms with Gasteiger partial charge >= 0.3 is 0 Å². The van der Waals surface area contributed by atoms with E-state index in [2.05, 4.69) is 422 Å². The molecule has 0 aromatic heterocycles.